The second-order valence-corrected chi connectivity index (χ2v) is 6.02. The molecular formula is C17H25N5. The lowest BCUT2D eigenvalue weighted by atomic mass is 10.0. The SMILES string of the molecule is CCCCN1CCCCC1CNc1ccc2nccnc2n1. The van der Waals surface area contributed by atoms with Gasteiger partial charge in [0.2, 0.25) is 0 Å². The highest BCUT2D eigenvalue weighted by Crippen LogP contribution is 2.18. The first-order chi connectivity index (χ1) is 10.9. The molecule has 1 saturated heterocycles. The summed E-state index contributed by atoms with van der Waals surface area (Å²) in [4.78, 5) is 15.7. The summed E-state index contributed by atoms with van der Waals surface area (Å²) < 4.78 is 0. The van der Waals surface area contributed by atoms with Gasteiger partial charge in [0.1, 0.15) is 11.3 Å². The number of rotatable bonds is 6. The molecule has 1 fully saturated rings. The Labute approximate surface area is 132 Å². The van der Waals surface area contributed by atoms with Gasteiger partial charge in [0, 0.05) is 25.0 Å². The number of nitrogens with zero attached hydrogens (tertiary/aromatic N) is 4. The molecule has 1 N–H and O–H groups in total. The van der Waals surface area contributed by atoms with Crippen LogP contribution in [0, 0.1) is 0 Å². The molecule has 0 amide bonds. The van der Waals surface area contributed by atoms with Crippen LogP contribution >= 0.6 is 0 Å². The minimum Gasteiger partial charge on any atom is -0.368 e. The van der Waals surface area contributed by atoms with Gasteiger partial charge in [-0.05, 0) is 44.5 Å². The Balaban J connectivity index is 1.61. The predicted octanol–water partition coefficient (Wildman–Crippen LogP) is 3.09. The Morgan fingerprint density at radius 3 is 3.05 bits per heavy atom. The number of anilines is 1. The van der Waals surface area contributed by atoms with Crippen LogP contribution in [0.5, 0.6) is 0 Å². The normalized spacial score (nSPS) is 19.4. The Kier molecular flexibility index (Phi) is 5.16. The molecule has 0 bridgehead atoms. The maximum absolute atomic E-state index is 4.54. The third kappa shape index (κ3) is 3.71. The Morgan fingerprint density at radius 1 is 1.23 bits per heavy atom. The van der Waals surface area contributed by atoms with Crippen LogP contribution in [0.15, 0.2) is 24.5 Å². The molecule has 0 aromatic carbocycles. The topological polar surface area (TPSA) is 53.9 Å². The number of hydrogen-bond donors (Lipinski definition) is 1. The number of nitrogens with one attached hydrogen (secondary N) is 1. The van der Waals surface area contributed by atoms with E-state index in [0.717, 1.165) is 17.9 Å². The molecule has 3 heterocycles. The van der Waals surface area contributed by atoms with Crippen LogP contribution in [-0.4, -0.2) is 45.5 Å². The maximum Gasteiger partial charge on any atom is 0.180 e. The van der Waals surface area contributed by atoms with Gasteiger partial charge in [0.15, 0.2) is 5.65 Å². The van der Waals surface area contributed by atoms with Crippen LogP contribution in [-0.2, 0) is 0 Å². The lowest BCUT2D eigenvalue weighted by Crippen LogP contribution is -2.44. The first kappa shape index (κ1) is 15.2. The van der Waals surface area contributed by atoms with Gasteiger partial charge in [-0.1, -0.05) is 19.8 Å². The van der Waals surface area contributed by atoms with E-state index in [9.17, 15) is 0 Å². The molecule has 0 aliphatic carbocycles. The number of likely N-dealkylation sites (tertiary alicyclic amines) is 1. The van der Waals surface area contributed by atoms with Crippen LogP contribution in [0.2, 0.25) is 0 Å². The van der Waals surface area contributed by atoms with Crippen molar-refractivity contribution in [2.24, 2.45) is 0 Å². The highest BCUT2D eigenvalue weighted by Gasteiger charge is 2.21. The number of aromatic nitrogens is 3. The summed E-state index contributed by atoms with van der Waals surface area (Å²) in [5, 5.41) is 3.49. The minimum atomic E-state index is 0.625. The first-order valence-corrected chi connectivity index (χ1v) is 8.42. The van der Waals surface area contributed by atoms with Crippen molar-refractivity contribution < 1.29 is 0 Å². The summed E-state index contributed by atoms with van der Waals surface area (Å²) in [5.41, 5.74) is 1.55. The zero-order chi connectivity index (χ0) is 15.2. The van der Waals surface area contributed by atoms with Gasteiger partial charge in [0.25, 0.3) is 0 Å². The third-order valence-corrected chi connectivity index (χ3v) is 4.40. The highest BCUT2D eigenvalue weighted by molar-refractivity contribution is 5.71. The number of hydrogen-bond acceptors (Lipinski definition) is 5. The molecule has 1 unspecified atom stereocenters. The lowest BCUT2D eigenvalue weighted by molar-refractivity contribution is 0.154. The van der Waals surface area contributed by atoms with Gasteiger partial charge in [-0.15, -0.1) is 0 Å². The van der Waals surface area contributed by atoms with Gasteiger partial charge < -0.3 is 5.32 Å². The van der Waals surface area contributed by atoms with Crippen molar-refractivity contribution >= 4 is 17.0 Å². The van der Waals surface area contributed by atoms with Crippen LogP contribution in [0.3, 0.4) is 0 Å². The van der Waals surface area contributed by atoms with E-state index in [0.29, 0.717) is 11.7 Å². The van der Waals surface area contributed by atoms with E-state index in [1.54, 1.807) is 12.4 Å². The molecule has 2 aromatic heterocycles. The second kappa shape index (κ2) is 7.49. The standard InChI is InChI=1S/C17H25N5/c1-2-3-11-22-12-5-4-6-14(22)13-20-16-8-7-15-17(21-16)19-10-9-18-15/h7-10,14H,2-6,11-13H2,1H3,(H,19,20,21). The average Bonchev–Trinajstić information content (AvgIpc) is 2.58. The van der Waals surface area contributed by atoms with Crippen LogP contribution in [0.4, 0.5) is 5.82 Å². The summed E-state index contributed by atoms with van der Waals surface area (Å²) in [6.45, 7) is 5.68. The maximum atomic E-state index is 4.54. The van der Waals surface area contributed by atoms with Gasteiger partial charge in [-0.2, -0.15) is 0 Å². The third-order valence-electron chi connectivity index (χ3n) is 4.40. The molecule has 1 atom stereocenters. The van der Waals surface area contributed by atoms with Crippen molar-refractivity contribution in [1.29, 1.82) is 0 Å². The van der Waals surface area contributed by atoms with Crippen molar-refractivity contribution in [3.8, 4) is 0 Å². The lowest BCUT2D eigenvalue weighted by Gasteiger charge is -2.35. The highest BCUT2D eigenvalue weighted by atomic mass is 15.2. The fourth-order valence-electron chi connectivity index (χ4n) is 3.12. The van der Waals surface area contributed by atoms with E-state index in [-0.39, 0.29) is 0 Å². The molecule has 2 aromatic rings. The fourth-order valence-corrected chi connectivity index (χ4v) is 3.12. The van der Waals surface area contributed by atoms with Crippen LogP contribution < -0.4 is 5.32 Å². The van der Waals surface area contributed by atoms with Gasteiger partial charge in [-0.3, -0.25) is 9.88 Å². The molecule has 5 heteroatoms. The van der Waals surface area contributed by atoms with Crippen molar-refractivity contribution in [3.05, 3.63) is 24.5 Å². The van der Waals surface area contributed by atoms with Gasteiger partial charge in [0.05, 0.1) is 0 Å². The Hall–Kier alpha value is -1.75. The molecular weight excluding hydrogens is 274 g/mol. The van der Waals surface area contributed by atoms with E-state index < -0.39 is 0 Å². The molecule has 118 valence electrons. The molecule has 5 nitrogen and oxygen atoms in total. The van der Waals surface area contributed by atoms with E-state index in [1.807, 2.05) is 12.1 Å². The zero-order valence-corrected chi connectivity index (χ0v) is 13.3. The molecule has 0 radical (unpaired) electrons. The molecule has 0 saturated carbocycles. The molecule has 1 aliphatic rings. The second-order valence-electron chi connectivity index (χ2n) is 6.02. The predicted molar refractivity (Wildman–Crippen MR) is 89.9 cm³/mol. The number of fused-ring (bicyclic) bond motifs is 1. The van der Waals surface area contributed by atoms with Crippen LogP contribution in [0.25, 0.3) is 11.2 Å². The van der Waals surface area contributed by atoms with E-state index in [2.05, 4.69) is 32.1 Å². The summed E-state index contributed by atoms with van der Waals surface area (Å²) in [6, 6.07) is 4.60. The van der Waals surface area contributed by atoms with E-state index in [4.69, 9.17) is 0 Å². The van der Waals surface area contributed by atoms with Gasteiger partial charge >= 0.3 is 0 Å². The zero-order valence-electron chi connectivity index (χ0n) is 13.3. The summed E-state index contributed by atoms with van der Waals surface area (Å²) in [6.07, 6.45) is 9.90. The summed E-state index contributed by atoms with van der Waals surface area (Å²) in [7, 11) is 0. The Morgan fingerprint density at radius 2 is 2.14 bits per heavy atom. The monoisotopic (exact) mass is 299 g/mol. The number of pyridine rings is 1. The summed E-state index contributed by atoms with van der Waals surface area (Å²) in [5.74, 6) is 0.897. The van der Waals surface area contributed by atoms with E-state index in [1.165, 1.54) is 45.2 Å². The van der Waals surface area contributed by atoms with Crippen molar-refractivity contribution in [3.63, 3.8) is 0 Å². The van der Waals surface area contributed by atoms with Crippen molar-refractivity contribution in [2.45, 2.75) is 45.1 Å². The Bertz CT molecular complexity index is 600. The smallest absolute Gasteiger partial charge is 0.180 e. The molecule has 1 aliphatic heterocycles. The largest absolute Gasteiger partial charge is 0.368 e. The van der Waals surface area contributed by atoms with Crippen molar-refractivity contribution in [2.75, 3.05) is 25.0 Å². The van der Waals surface area contributed by atoms with Crippen molar-refractivity contribution in [1.82, 2.24) is 19.9 Å². The first-order valence-electron chi connectivity index (χ1n) is 8.42. The summed E-state index contributed by atoms with van der Waals surface area (Å²) >= 11 is 0. The van der Waals surface area contributed by atoms with Gasteiger partial charge in [-0.25, -0.2) is 9.97 Å². The molecule has 3 rings (SSSR count). The van der Waals surface area contributed by atoms with E-state index >= 15 is 0 Å². The molecule has 0 spiro atoms. The van der Waals surface area contributed by atoms with Crippen LogP contribution in [0.1, 0.15) is 39.0 Å². The number of unbranched alkanes of at least 4 members (excludes halogenated alkanes) is 1. The fraction of sp³-hybridized carbons (Fsp3) is 0.588. The minimum absolute atomic E-state index is 0.625. The molecule has 22 heavy (non-hydrogen) atoms. The number of piperidine rings is 1. The quantitative estimate of drug-likeness (QED) is 0.888. The average molecular weight is 299 g/mol.